The van der Waals surface area contributed by atoms with Crippen LogP contribution in [0.4, 0.5) is 0 Å². The highest BCUT2D eigenvalue weighted by Crippen LogP contribution is 2.37. The molecular formula is C15H29NO2. The molecule has 0 aliphatic heterocycles. The third kappa shape index (κ3) is 4.97. The van der Waals surface area contributed by atoms with Crippen molar-refractivity contribution in [3.63, 3.8) is 0 Å². The van der Waals surface area contributed by atoms with E-state index in [9.17, 15) is 9.90 Å². The van der Waals surface area contributed by atoms with E-state index in [-0.39, 0.29) is 17.4 Å². The molecule has 3 nitrogen and oxygen atoms in total. The van der Waals surface area contributed by atoms with Crippen molar-refractivity contribution in [2.24, 2.45) is 11.3 Å². The monoisotopic (exact) mass is 255 g/mol. The van der Waals surface area contributed by atoms with E-state index in [1.807, 2.05) is 0 Å². The lowest BCUT2D eigenvalue weighted by atomic mass is 9.69. The van der Waals surface area contributed by atoms with Gasteiger partial charge in [0.25, 0.3) is 0 Å². The van der Waals surface area contributed by atoms with Gasteiger partial charge in [-0.1, -0.05) is 33.6 Å². The Labute approximate surface area is 111 Å². The van der Waals surface area contributed by atoms with Gasteiger partial charge in [-0.05, 0) is 37.5 Å². The second-order valence-corrected chi connectivity index (χ2v) is 6.82. The molecule has 0 bridgehead atoms. The molecule has 18 heavy (non-hydrogen) atoms. The summed E-state index contributed by atoms with van der Waals surface area (Å²) in [4.78, 5) is 11.9. The van der Waals surface area contributed by atoms with Crippen molar-refractivity contribution in [1.82, 2.24) is 5.32 Å². The zero-order valence-corrected chi connectivity index (χ0v) is 12.3. The van der Waals surface area contributed by atoms with Gasteiger partial charge >= 0.3 is 0 Å². The zero-order valence-electron chi connectivity index (χ0n) is 12.3. The second kappa shape index (κ2) is 6.55. The fourth-order valence-corrected chi connectivity index (χ4v) is 2.96. The number of rotatable bonds is 4. The Kier molecular flexibility index (Phi) is 5.64. The predicted octanol–water partition coefficient (Wildman–Crippen LogP) is 2.87. The number of aliphatic hydroxyl groups excluding tert-OH is 1. The molecule has 1 aliphatic carbocycles. The number of carbonyl (C=O) groups is 1. The van der Waals surface area contributed by atoms with Crippen molar-refractivity contribution in [2.75, 3.05) is 0 Å². The van der Waals surface area contributed by atoms with Crippen LogP contribution in [0.15, 0.2) is 0 Å². The molecular weight excluding hydrogens is 226 g/mol. The number of aliphatic hydroxyl groups is 1. The number of carbonyl (C=O) groups excluding carboxylic acids is 1. The van der Waals surface area contributed by atoms with Crippen LogP contribution in [0.2, 0.25) is 0 Å². The Bertz CT molecular complexity index is 268. The Balaban J connectivity index is 2.49. The number of hydrogen-bond acceptors (Lipinski definition) is 2. The molecule has 2 N–H and O–H groups in total. The van der Waals surface area contributed by atoms with E-state index in [0.717, 1.165) is 6.42 Å². The van der Waals surface area contributed by atoms with Crippen molar-refractivity contribution >= 4 is 5.91 Å². The van der Waals surface area contributed by atoms with Gasteiger partial charge < -0.3 is 10.4 Å². The van der Waals surface area contributed by atoms with Crippen LogP contribution in [0.1, 0.15) is 66.2 Å². The Hall–Kier alpha value is -0.570. The van der Waals surface area contributed by atoms with E-state index >= 15 is 0 Å². The highest BCUT2D eigenvalue weighted by atomic mass is 16.3. The molecule has 1 amide bonds. The lowest BCUT2D eigenvalue weighted by Crippen LogP contribution is -2.46. The molecule has 0 radical (unpaired) electrons. The van der Waals surface area contributed by atoms with Crippen LogP contribution in [0.3, 0.4) is 0 Å². The fraction of sp³-hybridized carbons (Fsp3) is 0.933. The first kappa shape index (κ1) is 15.5. The van der Waals surface area contributed by atoms with Gasteiger partial charge in [0.05, 0.1) is 6.10 Å². The van der Waals surface area contributed by atoms with Crippen LogP contribution in [0.25, 0.3) is 0 Å². The molecule has 3 unspecified atom stereocenters. The molecule has 3 heteroatoms. The first-order valence-corrected chi connectivity index (χ1v) is 7.28. The van der Waals surface area contributed by atoms with E-state index in [2.05, 4.69) is 26.1 Å². The highest BCUT2D eigenvalue weighted by Gasteiger charge is 2.34. The molecule has 1 saturated carbocycles. The largest absolute Gasteiger partial charge is 0.393 e. The standard InChI is InChI=1S/C15H29NO2/c1-11(17)9-10-14(18)16-13-8-6-5-7-12(13)15(2,3)4/h11-13,17H,5-10H2,1-4H3,(H,16,18). The molecule has 0 saturated heterocycles. The van der Waals surface area contributed by atoms with Gasteiger partial charge in [-0.15, -0.1) is 0 Å². The van der Waals surface area contributed by atoms with Gasteiger partial charge in [0.15, 0.2) is 0 Å². The first-order chi connectivity index (χ1) is 8.30. The zero-order chi connectivity index (χ0) is 13.8. The number of nitrogens with one attached hydrogen (secondary N) is 1. The quantitative estimate of drug-likeness (QED) is 0.811. The normalized spacial score (nSPS) is 26.7. The van der Waals surface area contributed by atoms with Crippen molar-refractivity contribution in [2.45, 2.75) is 78.4 Å². The smallest absolute Gasteiger partial charge is 0.220 e. The summed E-state index contributed by atoms with van der Waals surface area (Å²) >= 11 is 0. The minimum Gasteiger partial charge on any atom is -0.393 e. The number of hydrogen-bond donors (Lipinski definition) is 2. The molecule has 1 rings (SSSR count). The van der Waals surface area contributed by atoms with Crippen molar-refractivity contribution < 1.29 is 9.90 Å². The summed E-state index contributed by atoms with van der Waals surface area (Å²) in [6.07, 6.45) is 5.41. The van der Waals surface area contributed by atoms with Crippen LogP contribution < -0.4 is 5.32 Å². The molecule has 0 aromatic rings. The van der Waals surface area contributed by atoms with Crippen molar-refractivity contribution in [3.8, 4) is 0 Å². The molecule has 1 aliphatic rings. The van der Waals surface area contributed by atoms with Gasteiger partial charge in [0, 0.05) is 12.5 Å². The van der Waals surface area contributed by atoms with E-state index in [0.29, 0.717) is 24.8 Å². The summed E-state index contributed by atoms with van der Waals surface area (Å²) in [5.41, 5.74) is 0.253. The summed E-state index contributed by atoms with van der Waals surface area (Å²) in [7, 11) is 0. The highest BCUT2D eigenvalue weighted by molar-refractivity contribution is 5.76. The fourth-order valence-electron chi connectivity index (χ4n) is 2.96. The minimum atomic E-state index is -0.388. The van der Waals surface area contributed by atoms with Crippen molar-refractivity contribution in [3.05, 3.63) is 0 Å². The number of amides is 1. The van der Waals surface area contributed by atoms with Gasteiger partial charge in [-0.2, -0.15) is 0 Å². The van der Waals surface area contributed by atoms with Gasteiger partial charge in [0.1, 0.15) is 0 Å². The van der Waals surface area contributed by atoms with Crippen LogP contribution in [-0.4, -0.2) is 23.2 Å². The molecule has 0 aromatic heterocycles. The Morgan fingerprint density at radius 1 is 1.33 bits per heavy atom. The summed E-state index contributed by atoms with van der Waals surface area (Å²) in [5, 5.41) is 12.4. The second-order valence-electron chi connectivity index (χ2n) is 6.82. The molecule has 0 heterocycles. The Morgan fingerprint density at radius 2 is 1.94 bits per heavy atom. The average Bonchev–Trinajstić information content (AvgIpc) is 2.25. The molecule has 0 spiro atoms. The first-order valence-electron chi connectivity index (χ1n) is 7.28. The topological polar surface area (TPSA) is 49.3 Å². The average molecular weight is 255 g/mol. The molecule has 1 fully saturated rings. The summed E-state index contributed by atoms with van der Waals surface area (Å²) in [6.45, 7) is 8.51. The SMILES string of the molecule is CC(O)CCC(=O)NC1CCCCC1C(C)(C)C. The summed E-state index contributed by atoms with van der Waals surface area (Å²) in [5.74, 6) is 0.666. The van der Waals surface area contributed by atoms with E-state index in [1.165, 1.54) is 19.3 Å². The molecule has 0 aromatic carbocycles. The maximum atomic E-state index is 11.9. The maximum Gasteiger partial charge on any atom is 0.220 e. The van der Waals surface area contributed by atoms with E-state index in [4.69, 9.17) is 0 Å². The van der Waals surface area contributed by atoms with E-state index in [1.54, 1.807) is 6.92 Å². The third-order valence-corrected chi connectivity index (χ3v) is 4.01. The van der Waals surface area contributed by atoms with Crippen molar-refractivity contribution in [1.29, 1.82) is 0 Å². The van der Waals surface area contributed by atoms with E-state index < -0.39 is 0 Å². The van der Waals surface area contributed by atoms with Gasteiger partial charge in [-0.3, -0.25) is 4.79 Å². The molecule has 3 atom stereocenters. The van der Waals surface area contributed by atoms with Crippen LogP contribution in [0.5, 0.6) is 0 Å². The lowest BCUT2D eigenvalue weighted by Gasteiger charge is -2.40. The summed E-state index contributed by atoms with van der Waals surface area (Å²) in [6, 6.07) is 0.320. The van der Waals surface area contributed by atoms with Crippen LogP contribution in [-0.2, 0) is 4.79 Å². The van der Waals surface area contributed by atoms with Crippen LogP contribution >= 0.6 is 0 Å². The lowest BCUT2D eigenvalue weighted by molar-refractivity contribution is -0.123. The van der Waals surface area contributed by atoms with Crippen LogP contribution in [0, 0.1) is 11.3 Å². The Morgan fingerprint density at radius 3 is 2.50 bits per heavy atom. The van der Waals surface area contributed by atoms with Gasteiger partial charge in [0.2, 0.25) is 5.91 Å². The minimum absolute atomic E-state index is 0.0945. The predicted molar refractivity (Wildman–Crippen MR) is 74.3 cm³/mol. The third-order valence-electron chi connectivity index (χ3n) is 4.01. The van der Waals surface area contributed by atoms with Gasteiger partial charge in [-0.25, -0.2) is 0 Å². The summed E-state index contributed by atoms with van der Waals surface area (Å²) < 4.78 is 0. The molecule has 106 valence electrons. The maximum absolute atomic E-state index is 11.9.